The molecular weight excluding hydrogens is 449 g/mol. The maximum atomic E-state index is 14.4. The van der Waals surface area contributed by atoms with Crippen LogP contribution in [0, 0.1) is 5.89 Å². The Kier molecular flexibility index (Phi) is 3.91. The quantitative estimate of drug-likeness (QED) is 0.273. The molecule has 1 saturated heterocycles. The number of likely N-dealkylation sites (tertiary alicyclic amines) is 1. The summed E-state index contributed by atoms with van der Waals surface area (Å²) in [5, 5.41) is 3.93. The van der Waals surface area contributed by atoms with Crippen molar-refractivity contribution in [1.29, 1.82) is 0 Å². The molecule has 3 nitrogen and oxygen atoms in total. The highest BCUT2D eigenvalue weighted by atomic mass is 19.4. The number of hydrogen-bond acceptors (Lipinski definition) is 3. The van der Waals surface area contributed by atoms with E-state index in [1.54, 1.807) is 6.92 Å². The molecule has 2 aliphatic rings. The van der Waals surface area contributed by atoms with Gasteiger partial charge in [0, 0.05) is 28.4 Å². The molecule has 0 amide bonds. The molecule has 1 saturated carbocycles. The van der Waals surface area contributed by atoms with Crippen LogP contribution in [0.4, 0.5) is 13.2 Å². The van der Waals surface area contributed by atoms with Gasteiger partial charge >= 0.3 is 6.18 Å². The number of hydrogen-bond donors (Lipinski definition) is 0. The van der Waals surface area contributed by atoms with Crippen LogP contribution >= 0.6 is 0 Å². The summed E-state index contributed by atoms with van der Waals surface area (Å²) in [6.45, 7) is -4.57. The molecule has 0 atom stereocenters. The zero-order valence-corrected chi connectivity index (χ0v) is 19.5. The first-order valence-electron chi connectivity index (χ1n) is 19.1. The van der Waals surface area contributed by atoms with E-state index >= 15 is 0 Å². The number of rotatable bonds is 8. The Labute approximate surface area is 229 Å². The van der Waals surface area contributed by atoms with Gasteiger partial charge in [0.05, 0.1) is 11.3 Å². The Bertz CT molecular complexity index is 1660. The topological polar surface area (TPSA) is 24.8 Å². The second-order valence-corrected chi connectivity index (χ2v) is 8.04. The molecule has 190 valence electrons. The highest BCUT2D eigenvalue weighted by molar-refractivity contribution is 5.98. The second-order valence-electron chi connectivity index (χ2n) is 8.04. The van der Waals surface area contributed by atoms with E-state index in [0.717, 1.165) is 12.1 Å². The molecule has 0 radical (unpaired) electrons. The molecule has 2 aromatic rings. The minimum Gasteiger partial charge on any atom is -0.391 e. The molecule has 1 heterocycles. The van der Waals surface area contributed by atoms with Crippen LogP contribution < -0.4 is 0 Å². The summed E-state index contributed by atoms with van der Waals surface area (Å²) in [5.74, 6) is -5.64. The van der Waals surface area contributed by atoms with E-state index in [9.17, 15) is 13.2 Å². The molecule has 1 aliphatic carbocycles. The number of nitrogens with zero attached hydrogens (tertiary/aromatic N) is 2. The van der Waals surface area contributed by atoms with E-state index < -0.39 is 87.1 Å². The van der Waals surface area contributed by atoms with Gasteiger partial charge in [0.25, 0.3) is 0 Å². The Hall–Kier alpha value is -2.34. The first-order valence-corrected chi connectivity index (χ1v) is 11.0. The highest BCUT2D eigenvalue weighted by Crippen LogP contribution is 2.42. The fourth-order valence-corrected chi connectivity index (χ4v) is 3.56. The number of alkyl halides is 3. The standard InChI is InChI=1S/C29H37F3N2O/c1-4-23-17-25(11-12-26(23)18-34-14-5-15-34)21(3)33-35-19-22-8-13-27(28(16-22)29(30,31)32)24-9-6-20(2)7-10-24/h8,11-13,16-17,20,24H,4-7,9-10,14-15,18-19H2,1-3H3/b33-21+/i5D,6D2,7D2,9D2,10D2,14D2,15D2,18D2,20D. The normalized spacial score (nSPS) is 40.1. The lowest BCUT2D eigenvalue weighted by molar-refractivity contribution is -0.138. The summed E-state index contributed by atoms with van der Waals surface area (Å²) < 4.78 is 176. The van der Waals surface area contributed by atoms with E-state index in [-0.39, 0.29) is 23.3 Å². The van der Waals surface area contributed by atoms with Gasteiger partial charge < -0.3 is 4.84 Å². The third-order valence-corrected chi connectivity index (χ3v) is 5.50. The molecule has 4 rings (SSSR count). The van der Waals surface area contributed by atoms with Crippen molar-refractivity contribution in [2.75, 3.05) is 13.0 Å². The lowest BCUT2D eigenvalue weighted by Gasteiger charge is -2.31. The highest BCUT2D eigenvalue weighted by Gasteiger charge is 2.36. The molecule has 0 unspecified atom stereocenters. The van der Waals surface area contributed by atoms with Crippen LogP contribution in [0.3, 0.4) is 0 Å². The Morgan fingerprint density at radius 2 is 1.89 bits per heavy atom. The average molecular weight is 503 g/mol. The summed E-state index contributed by atoms with van der Waals surface area (Å²) in [6, 6.07) is 6.60. The van der Waals surface area contributed by atoms with Crippen molar-refractivity contribution >= 4 is 5.71 Å². The van der Waals surface area contributed by atoms with Crippen LogP contribution in [0.15, 0.2) is 41.6 Å². The SMILES string of the molecule is [2H]C1C([2H])([2H])N(C([2H])([2H])c2ccc(/C(C)=N/OCc3ccc(C4C([2H])([2H])C([2H])([2H])C([2H])(C)C([2H])([2H])C4([2H])[2H])c(C(F)(F)F)c3)cc2CC)C1([2H])[2H]. The van der Waals surface area contributed by atoms with E-state index in [0.29, 0.717) is 29.0 Å². The van der Waals surface area contributed by atoms with Gasteiger partial charge in [-0.15, -0.1) is 0 Å². The van der Waals surface area contributed by atoms with Crippen molar-refractivity contribution in [2.45, 2.75) is 84.3 Å². The second kappa shape index (κ2) is 11.2. The minimum absolute atomic E-state index is 0.0397. The summed E-state index contributed by atoms with van der Waals surface area (Å²) in [5.41, 5.74) is -1.84. The minimum atomic E-state index is -5.22. The molecule has 0 N–H and O–H groups in total. The lowest BCUT2D eigenvalue weighted by Crippen LogP contribution is -2.36. The number of oxime groups is 1. The molecule has 0 aromatic heterocycles. The Morgan fingerprint density at radius 3 is 2.57 bits per heavy atom. The maximum Gasteiger partial charge on any atom is 0.416 e. The Morgan fingerprint density at radius 1 is 1.14 bits per heavy atom. The maximum absolute atomic E-state index is 14.4. The van der Waals surface area contributed by atoms with Crippen LogP contribution in [0.1, 0.15) is 114 Å². The van der Waals surface area contributed by atoms with Crippen molar-refractivity contribution in [1.82, 2.24) is 4.90 Å². The molecular formula is C29H37F3N2O. The van der Waals surface area contributed by atoms with Crippen LogP contribution in [-0.4, -0.2) is 23.6 Å². The zero-order valence-electron chi connectivity index (χ0n) is 35.5. The molecule has 6 heteroatoms. The molecule has 0 spiro atoms. The number of aryl methyl sites for hydroxylation is 1. The van der Waals surface area contributed by atoms with Crippen molar-refractivity contribution in [2.24, 2.45) is 11.0 Å². The first kappa shape index (κ1) is 12.3. The van der Waals surface area contributed by atoms with Crippen LogP contribution in [0.2, 0.25) is 0 Å². The summed E-state index contributed by atoms with van der Waals surface area (Å²) in [6.07, 6.45) is -20.6. The van der Waals surface area contributed by atoms with Crippen LogP contribution in [0.25, 0.3) is 0 Å². The van der Waals surface area contributed by atoms with Crippen LogP contribution in [0.5, 0.6) is 0 Å². The van der Waals surface area contributed by atoms with Crippen molar-refractivity contribution in [3.63, 3.8) is 0 Å². The average Bonchev–Trinajstić information content (AvgIpc) is 2.98. The van der Waals surface area contributed by atoms with E-state index in [4.69, 9.17) is 26.8 Å². The lowest BCUT2D eigenvalue weighted by atomic mass is 9.78. The van der Waals surface area contributed by atoms with Gasteiger partial charge in [-0.1, -0.05) is 56.0 Å². The monoisotopic (exact) mass is 502 g/mol. The van der Waals surface area contributed by atoms with Gasteiger partial charge in [-0.25, -0.2) is 0 Å². The van der Waals surface area contributed by atoms with Gasteiger partial charge in [0.2, 0.25) is 0 Å². The predicted octanol–water partition coefficient (Wildman–Crippen LogP) is 7.71. The fourth-order valence-electron chi connectivity index (χ4n) is 3.56. The van der Waals surface area contributed by atoms with Gasteiger partial charge in [0.1, 0.15) is 6.61 Å². The summed E-state index contributed by atoms with van der Waals surface area (Å²) in [4.78, 5) is 5.67. The molecule has 2 aromatic carbocycles. The largest absolute Gasteiger partial charge is 0.416 e. The summed E-state index contributed by atoms with van der Waals surface area (Å²) >= 11 is 0. The zero-order chi connectivity index (χ0) is 39.3. The van der Waals surface area contributed by atoms with Crippen LogP contribution in [-0.2, 0) is 30.5 Å². The van der Waals surface area contributed by atoms with Gasteiger partial charge in [0.15, 0.2) is 0 Å². The fraction of sp³-hybridized carbons (Fsp3) is 0.552. The van der Waals surface area contributed by atoms with Crippen molar-refractivity contribution in [3.05, 3.63) is 69.8 Å². The smallest absolute Gasteiger partial charge is 0.391 e. The molecule has 0 bridgehead atoms. The summed E-state index contributed by atoms with van der Waals surface area (Å²) in [7, 11) is 0. The molecule has 35 heavy (non-hydrogen) atoms. The molecule has 2 fully saturated rings. The van der Waals surface area contributed by atoms with Gasteiger partial charge in [-0.2, -0.15) is 13.2 Å². The van der Waals surface area contributed by atoms with E-state index in [1.807, 2.05) is 0 Å². The molecule has 1 aliphatic heterocycles. The predicted molar refractivity (Wildman–Crippen MR) is 135 cm³/mol. The van der Waals surface area contributed by atoms with Crippen molar-refractivity contribution < 1.29 is 39.9 Å². The number of halogens is 3. The number of benzene rings is 2. The van der Waals surface area contributed by atoms with E-state index in [1.165, 1.54) is 25.1 Å². The van der Waals surface area contributed by atoms with Gasteiger partial charge in [-0.05, 0) is 97.2 Å². The Balaban J connectivity index is 1.64. The van der Waals surface area contributed by atoms with Crippen molar-refractivity contribution in [3.8, 4) is 0 Å². The third kappa shape index (κ3) is 6.46. The first-order chi connectivity index (χ1) is 22.8. The van der Waals surface area contributed by atoms with Gasteiger partial charge in [-0.3, -0.25) is 4.90 Å². The van der Waals surface area contributed by atoms with E-state index in [2.05, 4.69) is 5.16 Å². The third-order valence-electron chi connectivity index (χ3n) is 5.50.